The molecule has 2 aliphatic heterocycles. The van der Waals surface area contributed by atoms with Gasteiger partial charge in [-0.15, -0.1) is 24.8 Å². The van der Waals surface area contributed by atoms with Gasteiger partial charge in [-0.05, 0) is 37.8 Å². The molecule has 0 saturated carbocycles. The molecule has 3 heterocycles. The Hall–Kier alpha value is -0.840. The van der Waals surface area contributed by atoms with Gasteiger partial charge in [-0.25, -0.2) is 0 Å². The molecular weight excluding hydrogens is 333 g/mol. The summed E-state index contributed by atoms with van der Waals surface area (Å²) >= 11 is 0. The van der Waals surface area contributed by atoms with Crippen LogP contribution in [0.15, 0.2) is 24.4 Å². The Labute approximate surface area is 151 Å². The highest BCUT2D eigenvalue weighted by molar-refractivity contribution is 5.85. The van der Waals surface area contributed by atoms with E-state index in [9.17, 15) is 4.79 Å². The number of aromatic nitrogens is 1. The Bertz CT molecular complexity index is 514. The van der Waals surface area contributed by atoms with Crippen LogP contribution in [-0.2, 0) is 11.2 Å². The lowest BCUT2D eigenvalue weighted by atomic mass is 9.71. The number of amides is 1. The minimum atomic E-state index is -0.165. The molecule has 1 aromatic heterocycles. The zero-order valence-corrected chi connectivity index (χ0v) is 15.5. The van der Waals surface area contributed by atoms with E-state index in [1.807, 2.05) is 36.3 Å². The van der Waals surface area contributed by atoms with Crippen LogP contribution in [0.1, 0.15) is 38.3 Å². The fraction of sp³-hybridized carbons (Fsp3) is 0.647. The van der Waals surface area contributed by atoms with Gasteiger partial charge in [0.1, 0.15) is 0 Å². The molecule has 4 nitrogen and oxygen atoms in total. The second kappa shape index (κ2) is 8.32. The number of carbonyl (C=O) groups is 1. The summed E-state index contributed by atoms with van der Waals surface area (Å²) in [6.07, 6.45) is 6.97. The third-order valence-electron chi connectivity index (χ3n) is 5.35. The Morgan fingerprint density at radius 1 is 1.39 bits per heavy atom. The number of carbonyl (C=O) groups excluding carboxylic acids is 1. The van der Waals surface area contributed by atoms with Crippen molar-refractivity contribution >= 4 is 30.7 Å². The van der Waals surface area contributed by atoms with Crippen LogP contribution in [0.2, 0.25) is 0 Å². The van der Waals surface area contributed by atoms with Crippen LogP contribution in [0.25, 0.3) is 0 Å². The van der Waals surface area contributed by atoms with Gasteiger partial charge in [0.25, 0.3) is 0 Å². The van der Waals surface area contributed by atoms with Crippen LogP contribution >= 0.6 is 24.8 Å². The van der Waals surface area contributed by atoms with E-state index in [4.69, 9.17) is 0 Å². The lowest BCUT2D eigenvalue weighted by molar-refractivity contribution is -0.142. The molecule has 2 aliphatic rings. The number of hydrogen-bond acceptors (Lipinski definition) is 3. The summed E-state index contributed by atoms with van der Waals surface area (Å²) < 4.78 is 0. The lowest BCUT2D eigenvalue weighted by Gasteiger charge is -2.37. The van der Waals surface area contributed by atoms with E-state index >= 15 is 0 Å². The average Bonchev–Trinajstić information content (AvgIpc) is 3.14. The predicted molar refractivity (Wildman–Crippen MR) is 97.4 cm³/mol. The molecule has 23 heavy (non-hydrogen) atoms. The maximum atomic E-state index is 13.0. The van der Waals surface area contributed by atoms with Gasteiger partial charge in [0, 0.05) is 44.0 Å². The topological polar surface area (TPSA) is 45.2 Å². The van der Waals surface area contributed by atoms with E-state index in [1.165, 1.54) is 6.42 Å². The van der Waals surface area contributed by atoms with Crippen molar-refractivity contribution in [3.63, 3.8) is 0 Å². The van der Waals surface area contributed by atoms with Crippen molar-refractivity contribution in [2.45, 2.75) is 51.1 Å². The molecule has 2 bridgehead atoms. The van der Waals surface area contributed by atoms with Crippen molar-refractivity contribution in [1.29, 1.82) is 0 Å². The zero-order chi connectivity index (χ0) is 14.9. The summed E-state index contributed by atoms with van der Waals surface area (Å²) in [5.74, 6) is 0.320. The third-order valence-corrected chi connectivity index (χ3v) is 5.35. The van der Waals surface area contributed by atoms with Crippen LogP contribution in [0.4, 0.5) is 0 Å². The predicted octanol–water partition coefficient (Wildman–Crippen LogP) is 2.85. The number of pyridine rings is 1. The van der Waals surface area contributed by atoms with Gasteiger partial charge < -0.3 is 10.2 Å². The molecule has 0 aliphatic carbocycles. The molecular formula is C17H27Cl2N3O. The molecule has 6 heteroatoms. The van der Waals surface area contributed by atoms with Crippen molar-refractivity contribution in [2.24, 2.45) is 5.41 Å². The second-order valence-electron chi connectivity index (χ2n) is 6.51. The van der Waals surface area contributed by atoms with E-state index in [1.54, 1.807) is 0 Å². The quantitative estimate of drug-likeness (QED) is 0.878. The maximum absolute atomic E-state index is 13.0. The summed E-state index contributed by atoms with van der Waals surface area (Å²) in [5.41, 5.74) is 0.885. The first kappa shape index (κ1) is 20.2. The van der Waals surface area contributed by atoms with Gasteiger partial charge in [-0.2, -0.15) is 0 Å². The van der Waals surface area contributed by atoms with Crippen molar-refractivity contribution in [2.75, 3.05) is 13.6 Å². The molecule has 0 aromatic carbocycles. The fourth-order valence-electron chi connectivity index (χ4n) is 4.09. The summed E-state index contributed by atoms with van der Waals surface area (Å²) in [7, 11) is 1.94. The van der Waals surface area contributed by atoms with E-state index in [-0.39, 0.29) is 30.2 Å². The number of likely N-dealkylation sites (N-methyl/N-ethyl adjacent to an activating group) is 1. The third kappa shape index (κ3) is 3.81. The number of nitrogens with zero attached hydrogens (tertiary/aromatic N) is 2. The summed E-state index contributed by atoms with van der Waals surface area (Å²) in [5, 5.41) is 3.62. The van der Waals surface area contributed by atoms with Gasteiger partial charge >= 0.3 is 0 Å². The maximum Gasteiger partial charge on any atom is 0.230 e. The molecule has 1 aromatic rings. The number of hydrogen-bond donors (Lipinski definition) is 1. The summed E-state index contributed by atoms with van der Waals surface area (Å²) in [6, 6.07) is 6.89. The average molecular weight is 360 g/mol. The van der Waals surface area contributed by atoms with Crippen LogP contribution in [0, 0.1) is 5.41 Å². The monoisotopic (exact) mass is 359 g/mol. The Kier molecular flexibility index (Phi) is 7.30. The normalized spacial score (nSPS) is 27.9. The van der Waals surface area contributed by atoms with E-state index in [2.05, 4.69) is 17.2 Å². The molecule has 1 amide bonds. The van der Waals surface area contributed by atoms with E-state index < -0.39 is 0 Å². The highest BCUT2D eigenvalue weighted by Gasteiger charge is 2.54. The largest absolute Gasteiger partial charge is 0.345 e. The van der Waals surface area contributed by atoms with Gasteiger partial charge in [-0.3, -0.25) is 9.78 Å². The first-order chi connectivity index (χ1) is 10.2. The van der Waals surface area contributed by atoms with Crippen LogP contribution in [-0.4, -0.2) is 41.5 Å². The smallest absolute Gasteiger partial charge is 0.230 e. The molecule has 2 fully saturated rings. The van der Waals surface area contributed by atoms with Gasteiger partial charge in [0.05, 0.1) is 5.41 Å². The van der Waals surface area contributed by atoms with Gasteiger partial charge in [-0.1, -0.05) is 13.0 Å². The minimum Gasteiger partial charge on any atom is -0.345 e. The number of nitrogens with one attached hydrogen (secondary N) is 1. The Morgan fingerprint density at radius 2 is 2.17 bits per heavy atom. The minimum absolute atomic E-state index is 0. The van der Waals surface area contributed by atoms with Crippen molar-refractivity contribution in [3.05, 3.63) is 30.1 Å². The first-order valence-corrected chi connectivity index (χ1v) is 8.07. The van der Waals surface area contributed by atoms with Gasteiger partial charge in [0.15, 0.2) is 0 Å². The lowest BCUT2D eigenvalue weighted by Crippen LogP contribution is -2.49. The number of rotatable bonds is 5. The summed E-state index contributed by atoms with van der Waals surface area (Å²) in [6.45, 7) is 2.90. The molecule has 0 unspecified atom stereocenters. The molecule has 2 saturated heterocycles. The molecule has 1 N–H and O–H groups in total. The van der Waals surface area contributed by atoms with Crippen LogP contribution in [0.5, 0.6) is 0 Å². The highest BCUT2D eigenvalue weighted by Crippen LogP contribution is 2.46. The highest BCUT2D eigenvalue weighted by atomic mass is 35.5. The first-order valence-electron chi connectivity index (χ1n) is 8.07. The molecule has 0 spiro atoms. The molecule has 3 rings (SSSR count). The van der Waals surface area contributed by atoms with Crippen molar-refractivity contribution in [1.82, 2.24) is 15.2 Å². The molecule has 130 valence electrons. The zero-order valence-electron chi connectivity index (χ0n) is 13.8. The van der Waals surface area contributed by atoms with E-state index in [0.29, 0.717) is 18.0 Å². The second-order valence-corrected chi connectivity index (χ2v) is 6.51. The SMILES string of the molecule is CC[C@@]1(C(=O)N(C)CCc2ccccn2)C[C@@H]2CC[C@H]1N2.Cl.Cl. The van der Waals surface area contributed by atoms with Crippen LogP contribution < -0.4 is 5.32 Å². The van der Waals surface area contributed by atoms with Gasteiger partial charge in [0.2, 0.25) is 5.91 Å². The van der Waals surface area contributed by atoms with Crippen molar-refractivity contribution in [3.8, 4) is 0 Å². The molecule has 3 atom stereocenters. The fourth-order valence-corrected chi connectivity index (χ4v) is 4.09. The standard InChI is InChI=1S/C17H25N3O.2ClH/c1-3-17(12-14-7-8-15(17)19-14)16(21)20(2)11-9-13-6-4-5-10-18-13;;/h4-6,10,14-15,19H,3,7-9,11-12H2,1-2H3;2*1H/t14-,15+,17+;;/m0../s1. The molecule has 0 radical (unpaired) electrons. The Morgan fingerprint density at radius 3 is 2.70 bits per heavy atom. The van der Waals surface area contributed by atoms with Crippen LogP contribution in [0.3, 0.4) is 0 Å². The van der Waals surface area contributed by atoms with Crippen molar-refractivity contribution < 1.29 is 4.79 Å². The number of fused-ring (bicyclic) bond motifs is 2. The Balaban J connectivity index is 0.00000132. The number of halogens is 2. The van der Waals surface area contributed by atoms with E-state index in [0.717, 1.165) is 37.9 Å². The summed E-state index contributed by atoms with van der Waals surface area (Å²) in [4.78, 5) is 19.2.